The van der Waals surface area contributed by atoms with E-state index in [1.165, 1.54) is 19.8 Å². The molecule has 6 nitrogen and oxygen atoms in total. The van der Waals surface area contributed by atoms with Crippen LogP contribution in [0.1, 0.15) is 32.3 Å². The molecule has 2 atom stereocenters. The number of hydrogen-bond donors (Lipinski definition) is 1. The predicted molar refractivity (Wildman–Crippen MR) is 122 cm³/mol. The summed E-state index contributed by atoms with van der Waals surface area (Å²) in [6.07, 6.45) is 3.33. The maximum atomic E-state index is 13.6. The van der Waals surface area contributed by atoms with Gasteiger partial charge in [-0.15, -0.1) is 0 Å². The molecule has 0 aromatic heterocycles. The van der Waals surface area contributed by atoms with E-state index < -0.39 is 33.6 Å². The number of anilines is 2. The van der Waals surface area contributed by atoms with Crippen LogP contribution in [0, 0.1) is 17.6 Å². The molecule has 32 heavy (non-hydrogen) atoms. The van der Waals surface area contributed by atoms with Crippen molar-refractivity contribution in [3.63, 3.8) is 0 Å². The van der Waals surface area contributed by atoms with E-state index >= 15 is 0 Å². The number of halogens is 2. The van der Waals surface area contributed by atoms with E-state index in [0.717, 1.165) is 53.1 Å². The van der Waals surface area contributed by atoms with Gasteiger partial charge < -0.3 is 10.2 Å². The SMILES string of the molecule is C[C@@H]1CCCN(c2ccc(CNC(=O)[C@@H](C)N(c3ccc(F)c(F)c3)S(C)(=O)=O)cc2)C1. The molecule has 1 fully saturated rings. The summed E-state index contributed by atoms with van der Waals surface area (Å²) in [5.74, 6) is -2.17. The normalized spacial score (nSPS) is 17.7. The Balaban J connectivity index is 1.66. The Kier molecular flexibility index (Phi) is 7.38. The highest BCUT2D eigenvalue weighted by atomic mass is 32.2. The number of amides is 1. The first-order valence-electron chi connectivity index (χ1n) is 10.6. The van der Waals surface area contributed by atoms with E-state index in [1.54, 1.807) is 0 Å². The van der Waals surface area contributed by atoms with E-state index in [1.807, 2.05) is 24.3 Å². The van der Waals surface area contributed by atoms with Gasteiger partial charge in [0.15, 0.2) is 11.6 Å². The van der Waals surface area contributed by atoms with Crippen LogP contribution in [0.4, 0.5) is 20.2 Å². The zero-order chi connectivity index (χ0) is 23.5. The molecule has 3 rings (SSSR count). The number of sulfonamides is 1. The third kappa shape index (κ3) is 5.76. The Labute approximate surface area is 188 Å². The Hall–Kier alpha value is -2.68. The van der Waals surface area contributed by atoms with E-state index in [2.05, 4.69) is 17.1 Å². The zero-order valence-electron chi connectivity index (χ0n) is 18.5. The van der Waals surface area contributed by atoms with E-state index in [9.17, 15) is 22.0 Å². The number of carbonyl (C=O) groups is 1. The number of piperidine rings is 1. The molecule has 0 spiro atoms. The summed E-state index contributed by atoms with van der Waals surface area (Å²) < 4.78 is 52.3. The lowest BCUT2D eigenvalue weighted by Crippen LogP contribution is -2.47. The molecule has 2 aromatic rings. The van der Waals surface area contributed by atoms with Gasteiger partial charge in [0.1, 0.15) is 6.04 Å². The summed E-state index contributed by atoms with van der Waals surface area (Å²) in [5, 5.41) is 2.73. The summed E-state index contributed by atoms with van der Waals surface area (Å²) in [4.78, 5) is 15.0. The number of nitrogens with zero attached hydrogens (tertiary/aromatic N) is 2. The molecule has 1 heterocycles. The third-order valence-corrected chi connectivity index (χ3v) is 6.91. The van der Waals surface area contributed by atoms with E-state index in [-0.39, 0.29) is 12.2 Å². The van der Waals surface area contributed by atoms with Gasteiger partial charge in [-0.3, -0.25) is 9.10 Å². The van der Waals surface area contributed by atoms with Crippen molar-refractivity contribution in [1.82, 2.24) is 5.32 Å². The van der Waals surface area contributed by atoms with Gasteiger partial charge in [0.05, 0.1) is 11.9 Å². The maximum Gasteiger partial charge on any atom is 0.243 e. The second-order valence-electron chi connectivity index (χ2n) is 8.41. The van der Waals surface area contributed by atoms with Crippen LogP contribution in [-0.2, 0) is 21.4 Å². The van der Waals surface area contributed by atoms with Crippen LogP contribution in [0.15, 0.2) is 42.5 Å². The average molecular weight is 466 g/mol. The first-order valence-corrected chi connectivity index (χ1v) is 12.5. The first kappa shape index (κ1) is 24.0. The van der Waals surface area contributed by atoms with E-state index in [0.29, 0.717) is 5.92 Å². The molecular weight excluding hydrogens is 436 g/mol. The van der Waals surface area contributed by atoms with E-state index in [4.69, 9.17) is 0 Å². The highest BCUT2D eigenvalue weighted by molar-refractivity contribution is 7.92. The van der Waals surface area contributed by atoms with Gasteiger partial charge in [0.2, 0.25) is 15.9 Å². The summed E-state index contributed by atoms with van der Waals surface area (Å²) in [5.41, 5.74) is 1.90. The summed E-state index contributed by atoms with van der Waals surface area (Å²) in [6, 6.07) is 9.48. The molecular formula is C23H29F2N3O3S. The number of nitrogens with one attached hydrogen (secondary N) is 1. The van der Waals surface area contributed by atoms with Gasteiger partial charge in [0, 0.05) is 31.4 Å². The van der Waals surface area contributed by atoms with Crippen LogP contribution in [0.2, 0.25) is 0 Å². The average Bonchev–Trinajstić information content (AvgIpc) is 2.74. The Bertz CT molecular complexity index is 1060. The second kappa shape index (κ2) is 9.85. The van der Waals surface area contributed by atoms with Crippen molar-refractivity contribution in [2.24, 2.45) is 5.92 Å². The molecule has 0 unspecified atom stereocenters. The summed E-state index contributed by atoms with van der Waals surface area (Å²) in [6.45, 7) is 5.92. The number of rotatable bonds is 7. The summed E-state index contributed by atoms with van der Waals surface area (Å²) in [7, 11) is -3.92. The molecule has 0 radical (unpaired) electrons. The quantitative estimate of drug-likeness (QED) is 0.678. The molecule has 1 aliphatic heterocycles. The molecule has 1 saturated heterocycles. The van der Waals surface area contributed by atoms with Gasteiger partial charge in [-0.1, -0.05) is 19.1 Å². The fourth-order valence-electron chi connectivity index (χ4n) is 4.02. The third-order valence-electron chi connectivity index (χ3n) is 5.67. The van der Waals surface area contributed by atoms with Gasteiger partial charge in [-0.2, -0.15) is 0 Å². The largest absolute Gasteiger partial charge is 0.371 e. The predicted octanol–water partition coefficient (Wildman–Crippen LogP) is 3.67. The topological polar surface area (TPSA) is 69.7 Å². The standard InChI is InChI=1S/C23H29F2N3O3S/c1-16-5-4-12-27(15-16)19-8-6-18(7-9-19)14-26-23(29)17(2)28(32(3,30)31)20-10-11-21(24)22(25)13-20/h6-11,13,16-17H,4-5,12,14-15H2,1-3H3,(H,26,29)/t16-,17-/m1/s1. The van der Waals surface area contributed by atoms with Crippen LogP contribution >= 0.6 is 0 Å². The molecule has 9 heteroatoms. The molecule has 2 aromatic carbocycles. The minimum Gasteiger partial charge on any atom is -0.371 e. The van der Waals surface area contributed by atoms with Crippen molar-refractivity contribution < 1.29 is 22.0 Å². The van der Waals surface area contributed by atoms with Crippen molar-refractivity contribution >= 4 is 27.3 Å². The Morgan fingerprint density at radius 2 is 1.88 bits per heavy atom. The monoisotopic (exact) mass is 465 g/mol. The van der Waals surface area contributed by atoms with Crippen molar-refractivity contribution in [3.8, 4) is 0 Å². The molecule has 1 amide bonds. The van der Waals surface area contributed by atoms with Gasteiger partial charge in [-0.25, -0.2) is 17.2 Å². The summed E-state index contributed by atoms with van der Waals surface area (Å²) >= 11 is 0. The molecule has 0 saturated carbocycles. The fourth-order valence-corrected chi connectivity index (χ4v) is 5.18. The first-order chi connectivity index (χ1) is 15.1. The zero-order valence-corrected chi connectivity index (χ0v) is 19.3. The highest BCUT2D eigenvalue weighted by Crippen LogP contribution is 2.24. The van der Waals surface area contributed by atoms with Crippen LogP contribution in [0.5, 0.6) is 0 Å². The fraction of sp³-hybridized carbons (Fsp3) is 0.435. The smallest absolute Gasteiger partial charge is 0.243 e. The molecule has 0 aliphatic carbocycles. The van der Waals surface area contributed by atoms with Crippen molar-refractivity contribution in [1.29, 1.82) is 0 Å². The maximum absolute atomic E-state index is 13.6. The highest BCUT2D eigenvalue weighted by Gasteiger charge is 2.29. The lowest BCUT2D eigenvalue weighted by atomic mass is 9.99. The lowest BCUT2D eigenvalue weighted by Gasteiger charge is -2.32. The van der Waals surface area contributed by atoms with Crippen molar-refractivity contribution in [3.05, 3.63) is 59.7 Å². The second-order valence-corrected chi connectivity index (χ2v) is 10.3. The molecule has 1 N–H and O–H groups in total. The molecule has 0 bridgehead atoms. The number of benzene rings is 2. The minimum atomic E-state index is -3.92. The Morgan fingerprint density at radius 3 is 2.47 bits per heavy atom. The van der Waals surface area contributed by atoms with Gasteiger partial charge >= 0.3 is 0 Å². The van der Waals surface area contributed by atoms with Crippen molar-refractivity contribution in [2.75, 3.05) is 28.6 Å². The minimum absolute atomic E-state index is 0.117. The van der Waals surface area contributed by atoms with Crippen LogP contribution in [-0.4, -0.2) is 39.7 Å². The van der Waals surface area contributed by atoms with Gasteiger partial charge in [-0.05, 0) is 55.5 Å². The van der Waals surface area contributed by atoms with Crippen molar-refractivity contribution in [2.45, 2.75) is 39.3 Å². The number of carbonyl (C=O) groups excluding carboxylic acids is 1. The van der Waals surface area contributed by atoms with Crippen LogP contribution < -0.4 is 14.5 Å². The molecule has 174 valence electrons. The molecule has 1 aliphatic rings. The Morgan fingerprint density at radius 1 is 1.19 bits per heavy atom. The van der Waals surface area contributed by atoms with Crippen LogP contribution in [0.25, 0.3) is 0 Å². The lowest BCUT2D eigenvalue weighted by molar-refractivity contribution is -0.122. The number of hydrogen-bond acceptors (Lipinski definition) is 4. The van der Waals surface area contributed by atoms with Gasteiger partial charge in [0.25, 0.3) is 0 Å². The van der Waals surface area contributed by atoms with Crippen LogP contribution in [0.3, 0.4) is 0 Å².